The van der Waals surface area contributed by atoms with Crippen molar-refractivity contribution in [1.29, 1.82) is 0 Å². The lowest BCUT2D eigenvalue weighted by Gasteiger charge is -2.16. The van der Waals surface area contributed by atoms with Gasteiger partial charge in [0.1, 0.15) is 17.2 Å². The zero-order valence-corrected chi connectivity index (χ0v) is 18.0. The Labute approximate surface area is 177 Å². The number of para-hydroxylation sites is 1. The summed E-state index contributed by atoms with van der Waals surface area (Å²) in [6.07, 6.45) is 3.70. The summed E-state index contributed by atoms with van der Waals surface area (Å²) in [5, 5.41) is 8.00. The monoisotopic (exact) mass is 410 g/mol. The van der Waals surface area contributed by atoms with E-state index in [9.17, 15) is 0 Å². The number of hydrogen-bond donors (Lipinski definition) is 3. The topological polar surface area (TPSA) is 79.9 Å². The predicted octanol–water partition coefficient (Wildman–Crippen LogP) is 3.14. The summed E-state index contributed by atoms with van der Waals surface area (Å²) in [5.74, 6) is 2.96. The van der Waals surface area contributed by atoms with Crippen molar-refractivity contribution in [2.45, 2.75) is 12.8 Å². The maximum atomic E-state index is 5.52. The molecule has 0 radical (unpaired) electrons. The van der Waals surface area contributed by atoms with Gasteiger partial charge in [0.15, 0.2) is 5.96 Å². The lowest BCUT2D eigenvalue weighted by molar-refractivity contribution is 0.368. The van der Waals surface area contributed by atoms with Crippen LogP contribution in [0.5, 0.6) is 17.2 Å². The number of nitrogens with one attached hydrogen (secondary N) is 3. The van der Waals surface area contributed by atoms with E-state index in [-0.39, 0.29) is 0 Å². The normalized spacial score (nSPS) is 11.4. The molecule has 0 aliphatic heterocycles. The summed E-state index contributed by atoms with van der Waals surface area (Å²) in [6.45, 7) is 1.47. The molecule has 0 unspecified atom stereocenters. The van der Waals surface area contributed by atoms with Crippen LogP contribution in [-0.2, 0) is 12.8 Å². The molecule has 3 N–H and O–H groups in total. The molecule has 2 aromatic carbocycles. The van der Waals surface area contributed by atoms with E-state index in [2.05, 4.69) is 45.0 Å². The summed E-state index contributed by atoms with van der Waals surface area (Å²) in [5.41, 5.74) is 3.45. The van der Waals surface area contributed by atoms with Gasteiger partial charge in [-0.3, -0.25) is 4.99 Å². The number of nitrogens with zero attached hydrogens (tertiary/aromatic N) is 1. The molecule has 3 rings (SSSR count). The number of H-pyrrole nitrogens is 1. The van der Waals surface area contributed by atoms with E-state index in [1.54, 1.807) is 28.4 Å². The molecule has 0 spiro atoms. The molecule has 0 amide bonds. The number of benzene rings is 2. The van der Waals surface area contributed by atoms with Crippen molar-refractivity contribution in [3.05, 3.63) is 53.7 Å². The largest absolute Gasteiger partial charge is 0.496 e. The Morgan fingerprint density at radius 3 is 2.23 bits per heavy atom. The molecule has 0 saturated heterocycles. The van der Waals surface area contributed by atoms with E-state index < -0.39 is 0 Å². The molecule has 1 heterocycles. The highest BCUT2D eigenvalue weighted by molar-refractivity contribution is 5.83. The highest BCUT2D eigenvalue weighted by Crippen LogP contribution is 2.34. The van der Waals surface area contributed by atoms with Crippen LogP contribution < -0.4 is 24.8 Å². The first kappa shape index (κ1) is 21.4. The molecule has 7 nitrogen and oxygen atoms in total. The highest BCUT2D eigenvalue weighted by atomic mass is 16.5. The predicted molar refractivity (Wildman–Crippen MR) is 121 cm³/mol. The van der Waals surface area contributed by atoms with Crippen LogP contribution in [0.2, 0.25) is 0 Å². The third kappa shape index (κ3) is 4.97. The molecular formula is C23H30N4O3. The van der Waals surface area contributed by atoms with Crippen molar-refractivity contribution in [2.75, 3.05) is 41.5 Å². The van der Waals surface area contributed by atoms with Crippen molar-refractivity contribution >= 4 is 16.9 Å². The molecule has 0 aliphatic rings. The molecule has 0 atom stereocenters. The highest BCUT2D eigenvalue weighted by Gasteiger charge is 2.13. The van der Waals surface area contributed by atoms with Gasteiger partial charge in [-0.2, -0.15) is 0 Å². The first-order chi connectivity index (χ1) is 14.7. The van der Waals surface area contributed by atoms with Crippen LogP contribution in [0.4, 0.5) is 0 Å². The Bertz CT molecular complexity index is 972. The third-order valence-electron chi connectivity index (χ3n) is 5.07. The number of hydrogen-bond acceptors (Lipinski definition) is 4. The molecule has 3 aromatic rings. The van der Waals surface area contributed by atoms with Crippen molar-refractivity contribution in [3.63, 3.8) is 0 Å². The SMILES string of the molecule is CN=C(NCCc1c(OC)cc(OC)cc1OC)NCCc1c[nH]c2ccccc12. The second kappa shape index (κ2) is 10.4. The van der Waals surface area contributed by atoms with Gasteiger partial charge in [0.05, 0.1) is 21.3 Å². The van der Waals surface area contributed by atoms with E-state index in [0.29, 0.717) is 12.3 Å². The van der Waals surface area contributed by atoms with Gasteiger partial charge in [0, 0.05) is 54.9 Å². The lowest BCUT2D eigenvalue weighted by atomic mass is 10.1. The Morgan fingerprint density at radius 2 is 1.60 bits per heavy atom. The quantitative estimate of drug-likeness (QED) is 0.373. The van der Waals surface area contributed by atoms with Crippen molar-refractivity contribution in [2.24, 2.45) is 4.99 Å². The average Bonchev–Trinajstić information content (AvgIpc) is 3.20. The fraction of sp³-hybridized carbons (Fsp3) is 0.348. The Balaban J connectivity index is 1.53. The summed E-state index contributed by atoms with van der Waals surface area (Å²) in [4.78, 5) is 7.63. The first-order valence-electron chi connectivity index (χ1n) is 9.98. The first-order valence-corrected chi connectivity index (χ1v) is 9.98. The van der Waals surface area contributed by atoms with E-state index in [1.165, 1.54) is 10.9 Å². The Morgan fingerprint density at radius 1 is 0.933 bits per heavy atom. The van der Waals surface area contributed by atoms with Crippen LogP contribution >= 0.6 is 0 Å². The molecule has 160 valence electrons. The minimum atomic E-state index is 0.686. The second-order valence-electron chi connectivity index (χ2n) is 6.80. The maximum Gasteiger partial charge on any atom is 0.190 e. The van der Waals surface area contributed by atoms with Crippen LogP contribution in [0.15, 0.2) is 47.6 Å². The van der Waals surface area contributed by atoms with Gasteiger partial charge in [0.25, 0.3) is 0 Å². The summed E-state index contributed by atoms with van der Waals surface area (Å²) in [6, 6.07) is 12.1. The van der Waals surface area contributed by atoms with Crippen LogP contribution in [0.25, 0.3) is 10.9 Å². The molecule has 30 heavy (non-hydrogen) atoms. The number of methoxy groups -OCH3 is 3. The molecule has 0 bridgehead atoms. The van der Waals surface area contributed by atoms with Crippen LogP contribution in [-0.4, -0.2) is 52.4 Å². The number of aromatic amines is 1. The lowest BCUT2D eigenvalue weighted by Crippen LogP contribution is -2.39. The summed E-state index contributed by atoms with van der Waals surface area (Å²) >= 11 is 0. The van der Waals surface area contributed by atoms with Crippen LogP contribution in [0.3, 0.4) is 0 Å². The number of rotatable bonds is 9. The van der Waals surface area contributed by atoms with E-state index >= 15 is 0 Å². The molecule has 7 heteroatoms. The van der Waals surface area contributed by atoms with Gasteiger partial charge in [-0.15, -0.1) is 0 Å². The Kier molecular flexibility index (Phi) is 7.43. The molecule has 0 aliphatic carbocycles. The fourth-order valence-electron chi connectivity index (χ4n) is 3.50. The van der Waals surface area contributed by atoms with E-state index in [4.69, 9.17) is 14.2 Å². The minimum absolute atomic E-state index is 0.686. The average molecular weight is 411 g/mol. The van der Waals surface area contributed by atoms with Crippen molar-refractivity contribution in [3.8, 4) is 17.2 Å². The molecule has 1 aromatic heterocycles. The van der Waals surface area contributed by atoms with Gasteiger partial charge in [-0.05, 0) is 24.5 Å². The maximum absolute atomic E-state index is 5.52. The number of fused-ring (bicyclic) bond motifs is 1. The summed E-state index contributed by atoms with van der Waals surface area (Å²) in [7, 11) is 6.70. The third-order valence-corrected chi connectivity index (χ3v) is 5.07. The van der Waals surface area contributed by atoms with Crippen molar-refractivity contribution < 1.29 is 14.2 Å². The van der Waals surface area contributed by atoms with Crippen molar-refractivity contribution in [1.82, 2.24) is 15.6 Å². The van der Waals surface area contributed by atoms with Crippen LogP contribution in [0, 0.1) is 0 Å². The van der Waals surface area contributed by atoms with E-state index in [0.717, 1.165) is 47.9 Å². The molecular weight excluding hydrogens is 380 g/mol. The Hall–Kier alpha value is -3.35. The zero-order chi connectivity index (χ0) is 21.3. The standard InChI is InChI=1S/C23H30N4O3/c1-24-23(25-11-9-16-15-27-20-8-6-5-7-18(16)20)26-12-10-19-21(29-3)13-17(28-2)14-22(19)30-4/h5-8,13-15,27H,9-12H2,1-4H3,(H2,24,25,26). The van der Waals surface area contributed by atoms with Gasteiger partial charge >= 0.3 is 0 Å². The van der Waals surface area contributed by atoms with Gasteiger partial charge < -0.3 is 29.8 Å². The number of aromatic nitrogens is 1. The van der Waals surface area contributed by atoms with Gasteiger partial charge in [0.2, 0.25) is 0 Å². The molecule has 0 saturated carbocycles. The number of guanidine groups is 1. The zero-order valence-electron chi connectivity index (χ0n) is 18.0. The van der Waals surface area contributed by atoms with Crippen LogP contribution in [0.1, 0.15) is 11.1 Å². The molecule has 0 fully saturated rings. The fourth-order valence-corrected chi connectivity index (χ4v) is 3.50. The van der Waals surface area contributed by atoms with E-state index in [1.807, 2.05) is 18.2 Å². The second-order valence-corrected chi connectivity index (χ2v) is 6.80. The smallest absolute Gasteiger partial charge is 0.190 e. The summed E-state index contributed by atoms with van der Waals surface area (Å²) < 4.78 is 16.3. The van der Waals surface area contributed by atoms with Gasteiger partial charge in [-0.1, -0.05) is 18.2 Å². The van der Waals surface area contributed by atoms with Gasteiger partial charge in [-0.25, -0.2) is 0 Å². The number of aliphatic imine (C=N–C) groups is 1. The number of ether oxygens (including phenoxy) is 3. The minimum Gasteiger partial charge on any atom is -0.496 e.